The van der Waals surface area contributed by atoms with Crippen LogP contribution in [0.3, 0.4) is 0 Å². The van der Waals surface area contributed by atoms with Gasteiger partial charge in [-0.3, -0.25) is 9.89 Å². The second-order valence-electron chi connectivity index (χ2n) is 8.09. The van der Waals surface area contributed by atoms with Gasteiger partial charge in [0.1, 0.15) is 0 Å². The number of morpholine rings is 1. The molecule has 28 heavy (non-hydrogen) atoms. The fraction of sp³-hybridized carbons (Fsp3) is 0.667. The molecular weight excluding hydrogens is 376 g/mol. The molecule has 1 aromatic rings. The fourth-order valence-electron chi connectivity index (χ4n) is 4.68. The summed E-state index contributed by atoms with van der Waals surface area (Å²) in [6.07, 6.45) is 2.35. The van der Waals surface area contributed by atoms with Crippen LogP contribution in [0.4, 0.5) is 0 Å². The molecule has 0 aliphatic carbocycles. The number of nitrogens with one attached hydrogen (secondary N) is 1. The van der Waals surface area contributed by atoms with Crippen LogP contribution in [0.1, 0.15) is 24.4 Å². The Morgan fingerprint density at radius 1 is 1.18 bits per heavy atom. The molecule has 1 aromatic carbocycles. The summed E-state index contributed by atoms with van der Waals surface area (Å²) in [5, 5.41) is 4.45. The molecule has 1 spiro atoms. The van der Waals surface area contributed by atoms with E-state index in [4.69, 9.17) is 21.1 Å². The first-order valence-electron chi connectivity index (χ1n) is 10.3. The van der Waals surface area contributed by atoms with Crippen molar-refractivity contribution in [1.29, 1.82) is 0 Å². The zero-order chi connectivity index (χ0) is 19.4. The lowest BCUT2D eigenvalue weighted by atomic mass is 9.87. The Morgan fingerprint density at radius 3 is 2.71 bits per heavy atom. The Hall–Kier alpha value is -1.34. The highest BCUT2D eigenvalue weighted by Gasteiger charge is 2.42. The van der Waals surface area contributed by atoms with Crippen LogP contribution in [0.15, 0.2) is 29.3 Å². The summed E-state index contributed by atoms with van der Waals surface area (Å²) in [6, 6.07) is 8.35. The lowest BCUT2D eigenvalue weighted by Crippen LogP contribution is -2.47. The summed E-state index contributed by atoms with van der Waals surface area (Å²) in [6.45, 7) is 7.99. The third kappa shape index (κ3) is 4.30. The minimum atomic E-state index is 0.195. The minimum Gasteiger partial charge on any atom is -0.381 e. The van der Waals surface area contributed by atoms with Crippen molar-refractivity contribution in [2.75, 3.05) is 66.2 Å². The molecule has 2 atom stereocenters. The molecule has 1 N–H and O–H groups in total. The van der Waals surface area contributed by atoms with Crippen LogP contribution in [-0.4, -0.2) is 82.0 Å². The van der Waals surface area contributed by atoms with E-state index < -0.39 is 0 Å². The third-order valence-corrected chi connectivity index (χ3v) is 6.68. The maximum atomic E-state index is 6.56. The minimum absolute atomic E-state index is 0.195. The molecule has 0 aromatic heterocycles. The highest BCUT2D eigenvalue weighted by Crippen LogP contribution is 2.38. The quantitative estimate of drug-likeness (QED) is 0.614. The molecule has 3 saturated heterocycles. The largest absolute Gasteiger partial charge is 0.381 e. The predicted molar refractivity (Wildman–Crippen MR) is 112 cm³/mol. The van der Waals surface area contributed by atoms with Crippen LogP contribution in [0.25, 0.3) is 0 Å². The lowest BCUT2D eigenvalue weighted by molar-refractivity contribution is 0.0169. The van der Waals surface area contributed by atoms with Crippen molar-refractivity contribution < 1.29 is 9.47 Å². The smallest absolute Gasteiger partial charge is 0.193 e. The van der Waals surface area contributed by atoms with E-state index in [0.717, 1.165) is 82.1 Å². The monoisotopic (exact) mass is 406 g/mol. The van der Waals surface area contributed by atoms with Crippen molar-refractivity contribution >= 4 is 17.6 Å². The Bertz CT molecular complexity index is 687. The Kier molecular flexibility index (Phi) is 6.41. The summed E-state index contributed by atoms with van der Waals surface area (Å²) >= 11 is 6.56. The van der Waals surface area contributed by atoms with E-state index >= 15 is 0 Å². The Balaban J connectivity index is 1.45. The van der Waals surface area contributed by atoms with Gasteiger partial charge in [-0.2, -0.15) is 0 Å². The van der Waals surface area contributed by atoms with Crippen LogP contribution in [0.2, 0.25) is 5.02 Å². The van der Waals surface area contributed by atoms with Gasteiger partial charge in [0.05, 0.1) is 25.9 Å². The van der Waals surface area contributed by atoms with E-state index in [9.17, 15) is 0 Å². The molecule has 0 amide bonds. The fourth-order valence-corrected chi connectivity index (χ4v) is 4.94. The topological polar surface area (TPSA) is 49.3 Å². The molecule has 3 heterocycles. The molecule has 3 fully saturated rings. The summed E-state index contributed by atoms with van der Waals surface area (Å²) in [4.78, 5) is 9.42. The van der Waals surface area contributed by atoms with Crippen molar-refractivity contribution in [1.82, 2.24) is 15.1 Å². The van der Waals surface area contributed by atoms with Crippen LogP contribution in [0, 0.1) is 5.41 Å². The number of ether oxygens (including phenoxy) is 2. The van der Waals surface area contributed by atoms with Crippen molar-refractivity contribution in [3.05, 3.63) is 34.9 Å². The normalized spacial score (nSPS) is 27.5. The zero-order valence-electron chi connectivity index (χ0n) is 16.7. The zero-order valence-corrected chi connectivity index (χ0v) is 17.5. The van der Waals surface area contributed by atoms with Gasteiger partial charge in [0.2, 0.25) is 0 Å². The first-order chi connectivity index (χ1) is 13.7. The second-order valence-corrected chi connectivity index (χ2v) is 8.50. The van der Waals surface area contributed by atoms with Gasteiger partial charge in [0.25, 0.3) is 0 Å². The average Bonchev–Trinajstić information content (AvgIpc) is 3.37. The molecule has 0 saturated carbocycles. The number of halogens is 1. The molecule has 6 nitrogen and oxygen atoms in total. The first kappa shape index (κ1) is 20.0. The highest BCUT2D eigenvalue weighted by molar-refractivity contribution is 6.31. The molecule has 7 heteroatoms. The van der Waals surface area contributed by atoms with Crippen LogP contribution < -0.4 is 5.32 Å². The van der Waals surface area contributed by atoms with Gasteiger partial charge in [-0.1, -0.05) is 29.8 Å². The molecule has 4 rings (SSSR count). The van der Waals surface area contributed by atoms with Gasteiger partial charge in [0, 0.05) is 56.8 Å². The number of aliphatic imine (C=N–C) groups is 1. The molecular formula is C21H31ClN4O2. The van der Waals surface area contributed by atoms with Gasteiger partial charge in [0.15, 0.2) is 5.96 Å². The van der Waals surface area contributed by atoms with Crippen LogP contribution in [0.5, 0.6) is 0 Å². The van der Waals surface area contributed by atoms with E-state index in [0.29, 0.717) is 5.41 Å². The Labute approximate surface area is 172 Å². The van der Waals surface area contributed by atoms with Crippen molar-refractivity contribution in [2.45, 2.75) is 18.9 Å². The van der Waals surface area contributed by atoms with Crippen molar-refractivity contribution in [3.63, 3.8) is 0 Å². The number of hydrogen-bond acceptors (Lipinski definition) is 4. The molecule has 154 valence electrons. The van der Waals surface area contributed by atoms with Gasteiger partial charge in [-0.05, 0) is 24.5 Å². The first-order valence-corrected chi connectivity index (χ1v) is 10.7. The lowest BCUT2D eigenvalue weighted by Gasteiger charge is -2.36. The predicted octanol–water partition coefficient (Wildman–Crippen LogP) is 2.40. The van der Waals surface area contributed by atoms with E-state index in [2.05, 4.69) is 32.2 Å². The number of hydrogen-bond donors (Lipinski definition) is 1. The van der Waals surface area contributed by atoms with E-state index in [1.807, 2.05) is 19.2 Å². The summed E-state index contributed by atoms with van der Waals surface area (Å²) in [5.74, 6) is 0.981. The molecule has 3 aliphatic rings. The Morgan fingerprint density at radius 2 is 2.00 bits per heavy atom. The SMILES string of the molecule is CN=C(NCC(c1ccccc1Cl)N1CCOCC1)N1CCC2(CCOC2)C1. The maximum Gasteiger partial charge on any atom is 0.193 e. The van der Waals surface area contributed by atoms with Gasteiger partial charge in [-0.25, -0.2) is 0 Å². The van der Waals surface area contributed by atoms with E-state index in [1.54, 1.807) is 0 Å². The highest BCUT2D eigenvalue weighted by atomic mass is 35.5. The molecule has 0 bridgehead atoms. The molecule has 0 radical (unpaired) electrons. The number of likely N-dealkylation sites (tertiary alicyclic amines) is 1. The van der Waals surface area contributed by atoms with Gasteiger partial charge >= 0.3 is 0 Å². The summed E-state index contributed by atoms with van der Waals surface area (Å²) in [7, 11) is 1.87. The van der Waals surface area contributed by atoms with Crippen LogP contribution >= 0.6 is 11.6 Å². The van der Waals surface area contributed by atoms with E-state index in [1.165, 1.54) is 6.42 Å². The second kappa shape index (κ2) is 8.99. The van der Waals surface area contributed by atoms with Gasteiger partial charge in [-0.15, -0.1) is 0 Å². The summed E-state index contributed by atoms with van der Waals surface area (Å²) in [5.41, 5.74) is 1.49. The summed E-state index contributed by atoms with van der Waals surface area (Å²) < 4.78 is 11.2. The van der Waals surface area contributed by atoms with E-state index in [-0.39, 0.29) is 6.04 Å². The standard InChI is InChI=1S/C21H31ClN4O2/c1-23-20(26-8-6-21(15-26)7-11-28-16-21)24-14-19(25-9-12-27-13-10-25)17-4-2-3-5-18(17)22/h2-5,19H,6-16H2,1H3,(H,23,24). The number of rotatable bonds is 4. The number of guanidine groups is 1. The maximum absolute atomic E-state index is 6.56. The third-order valence-electron chi connectivity index (χ3n) is 6.34. The van der Waals surface area contributed by atoms with Crippen molar-refractivity contribution in [2.24, 2.45) is 10.4 Å². The average molecular weight is 407 g/mol. The number of benzene rings is 1. The van der Waals surface area contributed by atoms with Crippen LogP contribution in [-0.2, 0) is 9.47 Å². The van der Waals surface area contributed by atoms with Gasteiger partial charge < -0.3 is 19.7 Å². The number of nitrogens with zero attached hydrogens (tertiary/aromatic N) is 3. The molecule has 2 unspecified atom stereocenters. The molecule has 3 aliphatic heterocycles. The van der Waals surface area contributed by atoms with Crippen molar-refractivity contribution in [3.8, 4) is 0 Å².